The first-order chi connectivity index (χ1) is 12.4. The van der Waals surface area contributed by atoms with Gasteiger partial charge in [-0.25, -0.2) is 4.79 Å². The van der Waals surface area contributed by atoms with Gasteiger partial charge in [0.25, 0.3) is 5.56 Å². The van der Waals surface area contributed by atoms with Crippen LogP contribution in [0.1, 0.15) is 0 Å². The van der Waals surface area contributed by atoms with Gasteiger partial charge in [-0.2, -0.15) is 4.98 Å². The average molecular weight is 399 g/mol. The number of aryl methyl sites for hydroxylation is 1. The molecule has 0 saturated carbocycles. The molecule has 0 aliphatic carbocycles. The van der Waals surface area contributed by atoms with Crippen molar-refractivity contribution >= 4 is 23.5 Å². The van der Waals surface area contributed by atoms with E-state index >= 15 is 0 Å². The van der Waals surface area contributed by atoms with Gasteiger partial charge in [-0.1, -0.05) is 0 Å². The lowest BCUT2D eigenvalue weighted by Gasteiger charge is -2.28. The van der Waals surface area contributed by atoms with Crippen molar-refractivity contribution < 1.29 is 17.1 Å². The van der Waals surface area contributed by atoms with Crippen LogP contribution >= 0.6 is 0 Å². The normalized spacial score (nSPS) is 14.7. The highest BCUT2D eigenvalue weighted by atomic mass is 35.5. The van der Waals surface area contributed by atoms with Crippen molar-refractivity contribution in [1.82, 2.24) is 23.6 Å². The zero-order chi connectivity index (χ0) is 18.8. The molecule has 10 nitrogen and oxygen atoms in total. The molecular formula is C16H25ClN7O3-. The highest BCUT2D eigenvalue weighted by Crippen LogP contribution is 2.20. The highest BCUT2D eigenvalue weighted by molar-refractivity contribution is 5.74. The van der Waals surface area contributed by atoms with E-state index in [0.717, 1.165) is 4.57 Å². The van der Waals surface area contributed by atoms with Gasteiger partial charge in [0.05, 0.1) is 26.1 Å². The Balaban J connectivity index is 0.00000261. The fourth-order valence-electron chi connectivity index (χ4n) is 3.03. The Morgan fingerprint density at radius 1 is 1.19 bits per heavy atom. The van der Waals surface area contributed by atoms with Crippen molar-refractivity contribution in [3.05, 3.63) is 20.8 Å². The number of fused-ring (bicyclic) bond motifs is 1. The molecule has 3 rings (SSSR count). The predicted molar refractivity (Wildman–Crippen MR) is 100 cm³/mol. The van der Waals surface area contributed by atoms with Crippen LogP contribution in [0.25, 0.3) is 11.2 Å². The van der Waals surface area contributed by atoms with E-state index in [4.69, 9.17) is 4.74 Å². The average Bonchev–Trinajstić information content (AvgIpc) is 3.02. The molecule has 0 atom stereocenters. The standard InChI is InChI=1S/C16H25N7O3.ClH/c1-19(2)11-17-5-6-23-12-13(20(3)16(25)21(4)14(12)24)18-15(23)22-7-9-26-10-8-22;/h11H,5-10H2,1-4H3;1H/p-1. The highest BCUT2D eigenvalue weighted by Gasteiger charge is 2.23. The lowest BCUT2D eigenvalue weighted by atomic mass is 10.4. The van der Waals surface area contributed by atoms with Crippen LogP contribution in [0, 0.1) is 0 Å². The maximum atomic E-state index is 12.8. The summed E-state index contributed by atoms with van der Waals surface area (Å²) < 4.78 is 9.82. The molecule has 0 bridgehead atoms. The van der Waals surface area contributed by atoms with Gasteiger partial charge < -0.3 is 31.5 Å². The topological polar surface area (TPSA) is 89.9 Å². The van der Waals surface area contributed by atoms with Crippen LogP contribution in [0.15, 0.2) is 14.6 Å². The maximum Gasteiger partial charge on any atom is 0.332 e. The van der Waals surface area contributed by atoms with Crippen molar-refractivity contribution in [3.8, 4) is 0 Å². The van der Waals surface area contributed by atoms with E-state index in [1.54, 1.807) is 13.4 Å². The molecule has 0 amide bonds. The number of morpholine rings is 1. The van der Waals surface area contributed by atoms with Crippen LogP contribution in [0.3, 0.4) is 0 Å². The molecule has 1 fully saturated rings. The first-order valence-electron chi connectivity index (χ1n) is 8.57. The number of halogens is 1. The quantitative estimate of drug-likeness (QED) is 0.375. The summed E-state index contributed by atoms with van der Waals surface area (Å²) in [5.41, 5.74) is 0.102. The molecule has 0 radical (unpaired) electrons. The smallest absolute Gasteiger partial charge is 0.332 e. The molecule has 0 unspecified atom stereocenters. The molecular weight excluding hydrogens is 374 g/mol. The van der Waals surface area contributed by atoms with Gasteiger partial charge in [-0.3, -0.25) is 18.9 Å². The molecule has 1 saturated heterocycles. The number of nitrogens with zero attached hydrogens (tertiary/aromatic N) is 7. The molecule has 0 N–H and O–H groups in total. The molecule has 1 aliphatic rings. The van der Waals surface area contributed by atoms with Crippen molar-refractivity contribution in [2.45, 2.75) is 6.54 Å². The minimum atomic E-state index is -0.383. The van der Waals surface area contributed by atoms with Crippen LogP contribution in [-0.2, 0) is 25.4 Å². The summed E-state index contributed by atoms with van der Waals surface area (Å²) in [5, 5.41) is 0. The van der Waals surface area contributed by atoms with Gasteiger partial charge in [-0.15, -0.1) is 0 Å². The van der Waals surface area contributed by atoms with E-state index < -0.39 is 0 Å². The van der Waals surface area contributed by atoms with Crippen LogP contribution in [0.4, 0.5) is 5.95 Å². The third-order valence-corrected chi connectivity index (χ3v) is 4.39. The van der Waals surface area contributed by atoms with Gasteiger partial charge in [-0.05, 0) is 0 Å². The molecule has 3 heterocycles. The summed E-state index contributed by atoms with van der Waals surface area (Å²) in [7, 11) is 6.93. The fraction of sp³-hybridized carbons (Fsp3) is 0.625. The van der Waals surface area contributed by atoms with Gasteiger partial charge in [0.2, 0.25) is 5.95 Å². The third-order valence-electron chi connectivity index (χ3n) is 4.39. The van der Waals surface area contributed by atoms with Gasteiger partial charge in [0.1, 0.15) is 0 Å². The molecule has 2 aromatic rings. The van der Waals surface area contributed by atoms with Crippen molar-refractivity contribution in [1.29, 1.82) is 0 Å². The second-order valence-electron chi connectivity index (χ2n) is 6.53. The van der Waals surface area contributed by atoms with Crippen LogP contribution < -0.4 is 28.6 Å². The van der Waals surface area contributed by atoms with Crippen LogP contribution in [0.2, 0.25) is 0 Å². The summed E-state index contributed by atoms with van der Waals surface area (Å²) in [6.07, 6.45) is 1.74. The Morgan fingerprint density at radius 2 is 1.85 bits per heavy atom. The molecule has 150 valence electrons. The Morgan fingerprint density at radius 3 is 2.48 bits per heavy atom. The summed E-state index contributed by atoms with van der Waals surface area (Å²) in [4.78, 5) is 37.9. The number of anilines is 1. The zero-order valence-corrected chi connectivity index (χ0v) is 16.8. The first-order valence-corrected chi connectivity index (χ1v) is 8.57. The lowest BCUT2D eigenvalue weighted by Crippen LogP contribution is -3.00. The van der Waals surface area contributed by atoms with Gasteiger partial charge in [0.15, 0.2) is 11.2 Å². The zero-order valence-electron chi connectivity index (χ0n) is 16.1. The minimum absolute atomic E-state index is 0. The second-order valence-corrected chi connectivity index (χ2v) is 6.53. The Bertz CT molecular complexity index is 938. The Hall–Kier alpha value is -2.33. The third kappa shape index (κ3) is 4.01. The van der Waals surface area contributed by atoms with Crippen LogP contribution in [-0.4, -0.2) is 76.9 Å². The second kappa shape index (κ2) is 8.57. The molecule has 1 aliphatic heterocycles. The first kappa shape index (κ1) is 21.0. The van der Waals surface area contributed by atoms with Crippen LogP contribution in [0.5, 0.6) is 0 Å². The number of rotatable bonds is 5. The number of hydrogen-bond acceptors (Lipinski definition) is 6. The van der Waals surface area contributed by atoms with Crippen molar-refractivity contribution in [2.24, 2.45) is 19.1 Å². The maximum absolute atomic E-state index is 12.8. The number of aliphatic imine (C=N–C) groups is 1. The summed E-state index contributed by atoms with van der Waals surface area (Å²) >= 11 is 0. The van der Waals surface area contributed by atoms with E-state index in [1.165, 1.54) is 11.6 Å². The van der Waals surface area contributed by atoms with E-state index in [9.17, 15) is 9.59 Å². The summed E-state index contributed by atoms with van der Waals surface area (Å²) in [6.45, 7) is 3.61. The molecule has 0 aromatic carbocycles. The monoisotopic (exact) mass is 398 g/mol. The number of imidazole rings is 1. The fourth-order valence-corrected chi connectivity index (χ4v) is 3.03. The Kier molecular flexibility index (Phi) is 6.66. The van der Waals surface area contributed by atoms with E-state index in [-0.39, 0.29) is 23.7 Å². The van der Waals surface area contributed by atoms with E-state index in [2.05, 4.69) is 14.9 Å². The minimum Gasteiger partial charge on any atom is -1.00 e. The molecule has 2 aromatic heterocycles. The van der Waals surface area contributed by atoms with Crippen molar-refractivity contribution in [2.75, 3.05) is 51.8 Å². The molecule has 0 spiro atoms. The van der Waals surface area contributed by atoms with Gasteiger partial charge >= 0.3 is 5.69 Å². The summed E-state index contributed by atoms with van der Waals surface area (Å²) in [6, 6.07) is 0. The summed E-state index contributed by atoms with van der Waals surface area (Å²) in [5.74, 6) is 0.682. The van der Waals surface area contributed by atoms with E-state index in [0.29, 0.717) is 56.5 Å². The largest absolute Gasteiger partial charge is 1.00 e. The number of aromatic nitrogens is 4. The Labute approximate surface area is 163 Å². The predicted octanol–water partition coefficient (Wildman–Crippen LogP) is -4.14. The molecule has 11 heteroatoms. The SMILES string of the molecule is CN(C)C=NCCn1c(N2CCOCC2)nc2c1c(=O)n(C)c(=O)n2C.[Cl-]. The van der Waals surface area contributed by atoms with E-state index in [1.807, 2.05) is 23.6 Å². The molecule has 27 heavy (non-hydrogen) atoms. The number of ether oxygens (including phenoxy) is 1. The lowest BCUT2D eigenvalue weighted by molar-refractivity contribution is -0.00000647. The van der Waals surface area contributed by atoms with Gasteiger partial charge in [0, 0.05) is 47.8 Å². The van der Waals surface area contributed by atoms with Crippen molar-refractivity contribution in [3.63, 3.8) is 0 Å². The number of hydrogen-bond donors (Lipinski definition) is 0.